The van der Waals surface area contributed by atoms with Gasteiger partial charge in [0.15, 0.2) is 5.75 Å². The van der Waals surface area contributed by atoms with Gasteiger partial charge in [0.25, 0.3) is 0 Å². The molecule has 0 aliphatic rings. The zero-order valence-corrected chi connectivity index (χ0v) is 37.5. The highest BCUT2D eigenvalue weighted by atomic mass is 16.5. The largest absolute Gasteiger partial charge is 0.493 e. The SMILES string of the molecule is CCCCCCCCCCC(CCCCCCCC)COc1ccc(/N=N/c2ccccc2)c(OCC(CCCCCCCC)CCCCCCCCCC)c1. The number of hydrogen-bond acceptors (Lipinski definition) is 4. The Balaban J connectivity index is 2.09. The third kappa shape index (κ3) is 27.3. The predicted octanol–water partition coefficient (Wildman–Crippen LogP) is 18.7. The van der Waals surface area contributed by atoms with Crippen molar-refractivity contribution < 1.29 is 9.47 Å². The fraction of sp³-hybridized carbons (Fsp3) is 0.769. The van der Waals surface area contributed by atoms with E-state index in [0.717, 1.165) is 36.1 Å². The normalized spacial score (nSPS) is 12.7. The molecule has 0 spiro atoms. The Kier molecular flexibility index (Phi) is 32.8. The first-order chi connectivity index (χ1) is 27.7. The topological polar surface area (TPSA) is 43.2 Å². The number of azo groups is 1. The van der Waals surface area contributed by atoms with E-state index in [0.29, 0.717) is 11.8 Å². The van der Waals surface area contributed by atoms with Crippen LogP contribution in [-0.2, 0) is 0 Å². The van der Waals surface area contributed by atoms with E-state index in [2.05, 4.69) is 51.0 Å². The van der Waals surface area contributed by atoms with Crippen LogP contribution in [0.4, 0.5) is 11.4 Å². The van der Waals surface area contributed by atoms with Crippen molar-refractivity contribution in [2.75, 3.05) is 13.2 Å². The van der Waals surface area contributed by atoms with E-state index < -0.39 is 0 Å². The van der Waals surface area contributed by atoms with Crippen LogP contribution in [0.15, 0.2) is 58.8 Å². The van der Waals surface area contributed by atoms with Crippen LogP contribution in [0.1, 0.15) is 233 Å². The second-order valence-electron chi connectivity index (χ2n) is 17.2. The highest BCUT2D eigenvalue weighted by molar-refractivity contribution is 5.55. The lowest BCUT2D eigenvalue weighted by Crippen LogP contribution is -2.14. The van der Waals surface area contributed by atoms with Crippen molar-refractivity contribution in [1.29, 1.82) is 0 Å². The van der Waals surface area contributed by atoms with Gasteiger partial charge in [-0.25, -0.2) is 0 Å². The van der Waals surface area contributed by atoms with Gasteiger partial charge in [-0.3, -0.25) is 0 Å². The van der Waals surface area contributed by atoms with Gasteiger partial charge in [-0.2, -0.15) is 5.11 Å². The van der Waals surface area contributed by atoms with Gasteiger partial charge in [-0.05, 0) is 61.8 Å². The molecule has 2 atom stereocenters. The summed E-state index contributed by atoms with van der Waals surface area (Å²) in [6, 6.07) is 16.3. The molecule has 0 aliphatic carbocycles. The first kappa shape index (κ1) is 49.8. The second-order valence-corrected chi connectivity index (χ2v) is 17.2. The van der Waals surface area contributed by atoms with Gasteiger partial charge >= 0.3 is 0 Å². The molecule has 2 aromatic rings. The molecule has 2 unspecified atom stereocenters. The molecule has 320 valence electrons. The molecule has 0 amide bonds. The van der Waals surface area contributed by atoms with Crippen molar-refractivity contribution in [3.63, 3.8) is 0 Å². The Bertz CT molecular complexity index is 1150. The van der Waals surface area contributed by atoms with E-state index in [4.69, 9.17) is 14.6 Å². The Morgan fingerprint density at radius 1 is 0.393 bits per heavy atom. The summed E-state index contributed by atoms with van der Waals surface area (Å²) in [7, 11) is 0. The Morgan fingerprint density at radius 2 is 0.768 bits per heavy atom. The monoisotopic (exact) mass is 775 g/mol. The van der Waals surface area contributed by atoms with Crippen molar-refractivity contribution in [2.45, 2.75) is 233 Å². The summed E-state index contributed by atoms with van der Waals surface area (Å²) >= 11 is 0. The molecule has 0 N–H and O–H groups in total. The first-order valence-electron chi connectivity index (χ1n) is 24.6. The Morgan fingerprint density at radius 3 is 1.18 bits per heavy atom. The number of unbranched alkanes of at least 4 members (excludes halogenated alkanes) is 24. The molecule has 0 bridgehead atoms. The predicted molar refractivity (Wildman–Crippen MR) is 245 cm³/mol. The molecule has 4 nitrogen and oxygen atoms in total. The number of benzene rings is 2. The molecule has 0 aliphatic heterocycles. The van der Waals surface area contributed by atoms with Gasteiger partial charge in [0.1, 0.15) is 11.4 Å². The molecule has 2 aromatic carbocycles. The standard InChI is InChI=1S/C52H90N2O2/c1-5-9-13-17-21-23-27-32-37-47(36-30-25-19-15-11-7-3)45-55-50-42-43-51(54-53-49-40-34-29-35-41-49)52(44-50)56-46-48(38-31-26-20-16-12-8-4)39-33-28-24-22-18-14-10-6-2/h29,34-35,40-44,47-48H,5-28,30-33,36-39,45-46H2,1-4H3/b54-53+. The van der Waals surface area contributed by atoms with E-state index in [9.17, 15) is 0 Å². The smallest absolute Gasteiger partial charge is 0.150 e. The summed E-state index contributed by atoms with van der Waals surface area (Å²) in [5.74, 6) is 2.88. The van der Waals surface area contributed by atoms with Gasteiger partial charge < -0.3 is 9.47 Å². The van der Waals surface area contributed by atoms with Crippen LogP contribution >= 0.6 is 0 Å². The zero-order chi connectivity index (χ0) is 40.0. The van der Waals surface area contributed by atoms with E-state index >= 15 is 0 Å². The molecule has 0 heterocycles. The van der Waals surface area contributed by atoms with Crippen molar-refractivity contribution in [3.05, 3.63) is 48.5 Å². The minimum Gasteiger partial charge on any atom is -0.493 e. The highest BCUT2D eigenvalue weighted by Gasteiger charge is 2.15. The van der Waals surface area contributed by atoms with Crippen LogP contribution in [0.25, 0.3) is 0 Å². The quantitative estimate of drug-likeness (QED) is 0.0500. The molecule has 0 saturated heterocycles. The third-order valence-electron chi connectivity index (χ3n) is 11.8. The van der Waals surface area contributed by atoms with Gasteiger partial charge in [0.05, 0.1) is 18.9 Å². The van der Waals surface area contributed by atoms with Crippen LogP contribution in [0, 0.1) is 11.8 Å². The lowest BCUT2D eigenvalue weighted by Gasteiger charge is -2.20. The van der Waals surface area contributed by atoms with Crippen LogP contribution in [0.5, 0.6) is 11.5 Å². The van der Waals surface area contributed by atoms with Crippen LogP contribution in [0.3, 0.4) is 0 Å². The number of nitrogens with zero attached hydrogens (tertiary/aromatic N) is 2. The molecule has 2 rings (SSSR count). The maximum absolute atomic E-state index is 6.76. The summed E-state index contributed by atoms with van der Waals surface area (Å²) in [6.07, 6.45) is 43.1. The van der Waals surface area contributed by atoms with E-state index in [1.807, 2.05) is 30.3 Å². The summed E-state index contributed by atoms with van der Waals surface area (Å²) < 4.78 is 13.4. The average molecular weight is 775 g/mol. The number of ether oxygens (including phenoxy) is 2. The second kappa shape index (κ2) is 36.9. The van der Waals surface area contributed by atoms with E-state index in [1.54, 1.807) is 0 Å². The van der Waals surface area contributed by atoms with E-state index in [1.165, 1.54) is 205 Å². The minimum absolute atomic E-state index is 0.568. The zero-order valence-electron chi connectivity index (χ0n) is 37.5. The van der Waals surface area contributed by atoms with Crippen molar-refractivity contribution in [2.24, 2.45) is 22.1 Å². The Labute approximate surface area is 348 Å². The molecule has 0 aromatic heterocycles. The molecule has 0 fully saturated rings. The maximum Gasteiger partial charge on any atom is 0.150 e. The number of rotatable bonds is 40. The van der Waals surface area contributed by atoms with Gasteiger partial charge in [-0.1, -0.05) is 226 Å². The number of hydrogen-bond donors (Lipinski definition) is 0. The summed E-state index contributed by atoms with van der Waals surface area (Å²) in [5.41, 5.74) is 1.64. The van der Waals surface area contributed by atoms with Crippen LogP contribution in [-0.4, -0.2) is 13.2 Å². The van der Waals surface area contributed by atoms with Gasteiger partial charge in [0, 0.05) is 6.07 Å². The van der Waals surface area contributed by atoms with Gasteiger partial charge in [0.2, 0.25) is 0 Å². The maximum atomic E-state index is 6.76. The van der Waals surface area contributed by atoms with Crippen molar-refractivity contribution in [1.82, 2.24) is 0 Å². The van der Waals surface area contributed by atoms with Crippen molar-refractivity contribution in [3.8, 4) is 11.5 Å². The molecular weight excluding hydrogens is 685 g/mol. The lowest BCUT2D eigenvalue weighted by atomic mass is 9.94. The molecule has 0 saturated carbocycles. The molecule has 0 radical (unpaired) electrons. The van der Waals surface area contributed by atoms with Gasteiger partial charge in [-0.15, -0.1) is 5.11 Å². The summed E-state index contributed by atoms with van der Waals surface area (Å²) in [6.45, 7) is 10.7. The highest BCUT2D eigenvalue weighted by Crippen LogP contribution is 2.35. The van der Waals surface area contributed by atoms with Crippen LogP contribution in [0.2, 0.25) is 0 Å². The summed E-state index contributed by atoms with van der Waals surface area (Å²) in [4.78, 5) is 0. The minimum atomic E-state index is 0.568. The third-order valence-corrected chi connectivity index (χ3v) is 11.8. The van der Waals surface area contributed by atoms with E-state index in [-0.39, 0.29) is 0 Å². The summed E-state index contributed by atoms with van der Waals surface area (Å²) in [5, 5.41) is 9.29. The van der Waals surface area contributed by atoms with Crippen LogP contribution < -0.4 is 9.47 Å². The average Bonchev–Trinajstić information content (AvgIpc) is 3.22. The Hall–Kier alpha value is -2.36. The fourth-order valence-electron chi connectivity index (χ4n) is 7.99. The molecule has 56 heavy (non-hydrogen) atoms. The molecule has 4 heteroatoms. The fourth-order valence-corrected chi connectivity index (χ4v) is 7.99. The molecular formula is C52H90N2O2. The lowest BCUT2D eigenvalue weighted by molar-refractivity contribution is 0.215. The van der Waals surface area contributed by atoms with Crippen molar-refractivity contribution >= 4 is 11.4 Å². The first-order valence-corrected chi connectivity index (χ1v) is 24.6.